The largest absolute Gasteiger partial charge is 0.319 e. The van der Waals surface area contributed by atoms with E-state index in [1.807, 2.05) is 13.8 Å². The van der Waals surface area contributed by atoms with E-state index in [4.69, 9.17) is 17.3 Å². The van der Waals surface area contributed by atoms with Crippen molar-refractivity contribution >= 4 is 11.6 Å². The molecule has 0 radical (unpaired) electrons. The Labute approximate surface area is 77.0 Å². The van der Waals surface area contributed by atoms with Crippen LogP contribution in [-0.2, 0) is 5.54 Å². The van der Waals surface area contributed by atoms with E-state index in [1.165, 1.54) is 0 Å². The summed E-state index contributed by atoms with van der Waals surface area (Å²) >= 11 is 5.64. The van der Waals surface area contributed by atoms with Crippen molar-refractivity contribution in [2.75, 3.05) is 0 Å². The lowest BCUT2D eigenvalue weighted by molar-refractivity contribution is 0.445. The molecule has 1 heterocycles. The van der Waals surface area contributed by atoms with E-state index in [0.717, 1.165) is 6.42 Å². The molecule has 0 bridgehead atoms. The molecule has 0 aromatic carbocycles. The summed E-state index contributed by atoms with van der Waals surface area (Å²) in [6.45, 7) is 3.90. The first kappa shape index (κ1) is 9.42. The van der Waals surface area contributed by atoms with Crippen molar-refractivity contribution in [1.82, 2.24) is 9.97 Å². The lowest BCUT2D eigenvalue weighted by Crippen LogP contribution is -2.34. The highest BCUT2D eigenvalue weighted by Gasteiger charge is 2.21. The summed E-state index contributed by atoms with van der Waals surface area (Å²) in [5.41, 5.74) is 5.47. The maximum absolute atomic E-state index is 5.92. The Bertz CT molecular complexity index is 256. The zero-order chi connectivity index (χ0) is 9.19. The second-order valence-electron chi connectivity index (χ2n) is 3.00. The van der Waals surface area contributed by atoms with Gasteiger partial charge in [0, 0.05) is 12.4 Å². The van der Waals surface area contributed by atoms with Gasteiger partial charge in [-0.25, -0.2) is 9.97 Å². The molecule has 1 rings (SSSR count). The summed E-state index contributed by atoms with van der Waals surface area (Å²) in [7, 11) is 0. The van der Waals surface area contributed by atoms with Crippen molar-refractivity contribution in [3.8, 4) is 0 Å². The van der Waals surface area contributed by atoms with E-state index in [-0.39, 0.29) is 0 Å². The SMILES string of the molecule is CCC(C)(N)c1ncc(Cl)cn1. The minimum atomic E-state index is -0.454. The maximum atomic E-state index is 5.92. The maximum Gasteiger partial charge on any atom is 0.147 e. The van der Waals surface area contributed by atoms with E-state index in [1.54, 1.807) is 12.4 Å². The molecule has 0 aliphatic rings. The van der Waals surface area contributed by atoms with Crippen LogP contribution in [0.2, 0.25) is 5.02 Å². The number of nitrogens with two attached hydrogens (primary N) is 1. The van der Waals surface area contributed by atoms with Crippen LogP contribution in [0, 0.1) is 0 Å². The van der Waals surface area contributed by atoms with E-state index in [9.17, 15) is 0 Å². The summed E-state index contributed by atoms with van der Waals surface area (Å²) < 4.78 is 0. The summed E-state index contributed by atoms with van der Waals surface area (Å²) in [6.07, 6.45) is 3.92. The van der Waals surface area contributed by atoms with E-state index in [2.05, 4.69) is 9.97 Å². The first-order chi connectivity index (χ1) is 5.56. The lowest BCUT2D eigenvalue weighted by Gasteiger charge is -2.19. The van der Waals surface area contributed by atoms with Crippen LogP contribution in [0.1, 0.15) is 26.1 Å². The Balaban J connectivity index is 2.96. The average Bonchev–Trinajstić information content (AvgIpc) is 2.05. The zero-order valence-corrected chi connectivity index (χ0v) is 7.97. The van der Waals surface area contributed by atoms with Gasteiger partial charge in [-0.05, 0) is 13.3 Å². The van der Waals surface area contributed by atoms with Crippen molar-refractivity contribution in [3.63, 3.8) is 0 Å². The summed E-state index contributed by atoms with van der Waals surface area (Å²) in [5, 5.41) is 0.533. The van der Waals surface area contributed by atoms with E-state index < -0.39 is 5.54 Å². The smallest absolute Gasteiger partial charge is 0.147 e. The van der Waals surface area contributed by atoms with Gasteiger partial charge in [-0.1, -0.05) is 18.5 Å². The van der Waals surface area contributed by atoms with Gasteiger partial charge < -0.3 is 5.73 Å². The third-order valence-corrected chi connectivity index (χ3v) is 2.06. The number of hydrogen-bond acceptors (Lipinski definition) is 3. The van der Waals surface area contributed by atoms with Crippen molar-refractivity contribution in [1.29, 1.82) is 0 Å². The number of rotatable bonds is 2. The monoisotopic (exact) mass is 185 g/mol. The fraction of sp³-hybridized carbons (Fsp3) is 0.500. The third kappa shape index (κ3) is 1.93. The Morgan fingerprint density at radius 3 is 2.42 bits per heavy atom. The fourth-order valence-corrected chi connectivity index (χ4v) is 0.863. The normalized spacial score (nSPS) is 15.7. The van der Waals surface area contributed by atoms with Gasteiger partial charge in [0.25, 0.3) is 0 Å². The molecule has 0 saturated carbocycles. The molecule has 2 N–H and O–H groups in total. The zero-order valence-electron chi connectivity index (χ0n) is 7.21. The molecule has 1 atom stereocenters. The molecule has 1 aromatic rings. The van der Waals surface area contributed by atoms with Gasteiger partial charge in [0.05, 0.1) is 10.6 Å². The van der Waals surface area contributed by atoms with Crippen LogP contribution in [0.4, 0.5) is 0 Å². The van der Waals surface area contributed by atoms with Crippen molar-refractivity contribution in [2.24, 2.45) is 5.73 Å². The van der Waals surface area contributed by atoms with Crippen molar-refractivity contribution in [2.45, 2.75) is 25.8 Å². The predicted octanol–water partition coefficient (Wildman–Crippen LogP) is 1.71. The van der Waals surface area contributed by atoms with Gasteiger partial charge in [0.1, 0.15) is 5.82 Å². The first-order valence-electron chi connectivity index (χ1n) is 3.83. The molecule has 0 aliphatic heterocycles. The highest BCUT2D eigenvalue weighted by atomic mass is 35.5. The van der Waals surface area contributed by atoms with Gasteiger partial charge in [-0.15, -0.1) is 0 Å². The number of halogens is 1. The van der Waals surface area contributed by atoms with Crippen LogP contribution in [-0.4, -0.2) is 9.97 Å². The average molecular weight is 186 g/mol. The standard InChI is InChI=1S/C8H12ClN3/c1-3-8(2,10)7-11-4-6(9)5-12-7/h4-5H,3,10H2,1-2H3. The Morgan fingerprint density at radius 1 is 1.50 bits per heavy atom. The Morgan fingerprint density at radius 2 is 2.00 bits per heavy atom. The van der Waals surface area contributed by atoms with Gasteiger partial charge >= 0.3 is 0 Å². The van der Waals surface area contributed by atoms with Crippen LogP contribution in [0.25, 0.3) is 0 Å². The van der Waals surface area contributed by atoms with Crippen LogP contribution in [0.3, 0.4) is 0 Å². The predicted molar refractivity (Wildman–Crippen MR) is 48.9 cm³/mol. The molecule has 0 amide bonds. The Hall–Kier alpha value is -0.670. The summed E-state index contributed by atoms with van der Waals surface area (Å²) in [5.74, 6) is 0.634. The second-order valence-corrected chi connectivity index (χ2v) is 3.43. The molecule has 3 nitrogen and oxygen atoms in total. The van der Waals surface area contributed by atoms with Gasteiger partial charge in [-0.3, -0.25) is 0 Å². The molecule has 4 heteroatoms. The van der Waals surface area contributed by atoms with Crippen LogP contribution >= 0.6 is 11.6 Å². The minimum absolute atomic E-state index is 0.454. The van der Waals surface area contributed by atoms with Gasteiger partial charge in [0.15, 0.2) is 0 Å². The highest BCUT2D eigenvalue weighted by Crippen LogP contribution is 2.17. The molecule has 0 saturated heterocycles. The lowest BCUT2D eigenvalue weighted by atomic mass is 10.00. The van der Waals surface area contributed by atoms with E-state index >= 15 is 0 Å². The molecule has 1 aromatic heterocycles. The number of nitrogens with zero attached hydrogens (tertiary/aromatic N) is 2. The topological polar surface area (TPSA) is 51.8 Å². The highest BCUT2D eigenvalue weighted by molar-refractivity contribution is 6.30. The molecule has 1 unspecified atom stereocenters. The van der Waals surface area contributed by atoms with Crippen molar-refractivity contribution in [3.05, 3.63) is 23.2 Å². The molecule has 0 spiro atoms. The fourth-order valence-electron chi connectivity index (χ4n) is 0.765. The van der Waals surface area contributed by atoms with Crippen LogP contribution in [0.15, 0.2) is 12.4 Å². The summed E-state index contributed by atoms with van der Waals surface area (Å²) in [4.78, 5) is 8.11. The second kappa shape index (κ2) is 3.37. The van der Waals surface area contributed by atoms with Crippen LogP contribution in [0.5, 0.6) is 0 Å². The molecule has 0 aliphatic carbocycles. The Kier molecular flexibility index (Phi) is 2.65. The molecular formula is C8H12ClN3. The quantitative estimate of drug-likeness (QED) is 0.764. The molecular weight excluding hydrogens is 174 g/mol. The molecule has 66 valence electrons. The molecule has 0 fully saturated rings. The van der Waals surface area contributed by atoms with Gasteiger partial charge in [-0.2, -0.15) is 0 Å². The molecule has 12 heavy (non-hydrogen) atoms. The summed E-state index contributed by atoms with van der Waals surface area (Å²) in [6, 6.07) is 0. The number of aromatic nitrogens is 2. The first-order valence-corrected chi connectivity index (χ1v) is 4.21. The number of hydrogen-bond donors (Lipinski definition) is 1. The van der Waals surface area contributed by atoms with Crippen molar-refractivity contribution < 1.29 is 0 Å². The third-order valence-electron chi connectivity index (χ3n) is 1.87. The van der Waals surface area contributed by atoms with Gasteiger partial charge in [0.2, 0.25) is 0 Å². The minimum Gasteiger partial charge on any atom is -0.319 e. The van der Waals surface area contributed by atoms with E-state index in [0.29, 0.717) is 10.8 Å². The van der Waals surface area contributed by atoms with Crippen LogP contribution < -0.4 is 5.73 Å².